The minimum atomic E-state index is -0.355. The van der Waals surface area contributed by atoms with E-state index in [0.29, 0.717) is 11.6 Å². The van der Waals surface area contributed by atoms with Crippen LogP contribution in [0, 0.1) is 17.0 Å². The van der Waals surface area contributed by atoms with Crippen LogP contribution in [0.15, 0.2) is 16.6 Å². The maximum atomic E-state index is 10.8. The second-order valence-electron chi connectivity index (χ2n) is 4.88. The van der Waals surface area contributed by atoms with Gasteiger partial charge in [-0.2, -0.15) is 0 Å². The molecule has 0 radical (unpaired) electrons. The molecule has 0 unspecified atom stereocenters. The lowest BCUT2D eigenvalue weighted by Gasteiger charge is -2.13. The van der Waals surface area contributed by atoms with Gasteiger partial charge in [-0.1, -0.05) is 0 Å². The zero-order chi connectivity index (χ0) is 13.8. The predicted molar refractivity (Wildman–Crippen MR) is 79.7 cm³/mol. The van der Waals surface area contributed by atoms with Gasteiger partial charge in [-0.05, 0) is 54.7 Å². The monoisotopic (exact) mass is 327 g/mol. The average molecular weight is 328 g/mol. The molecule has 1 fully saturated rings. The summed E-state index contributed by atoms with van der Waals surface area (Å²) < 4.78 is 0.740. The van der Waals surface area contributed by atoms with Gasteiger partial charge in [-0.25, -0.2) is 0 Å². The molecule has 1 atom stereocenters. The Morgan fingerprint density at radius 1 is 1.58 bits per heavy atom. The Labute approximate surface area is 121 Å². The fraction of sp³-hybridized carbons (Fsp3) is 0.538. The summed E-state index contributed by atoms with van der Waals surface area (Å²) in [7, 11) is 0. The standard InChI is InChI=1S/C13H18BrN3O2/c1-9-7-12(11(14)8-13(9)17(18)19)16-6-4-10-3-2-5-15-10/h7-8,10,15-16H,2-6H2,1H3/t10-/m1/s1. The second kappa shape index (κ2) is 6.34. The van der Waals surface area contributed by atoms with Gasteiger partial charge in [0.25, 0.3) is 5.69 Å². The van der Waals surface area contributed by atoms with Crippen LogP contribution in [0.4, 0.5) is 11.4 Å². The van der Waals surface area contributed by atoms with Crippen molar-refractivity contribution in [1.29, 1.82) is 0 Å². The number of anilines is 1. The Morgan fingerprint density at radius 3 is 3.00 bits per heavy atom. The van der Waals surface area contributed by atoms with Gasteiger partial charge in [-0.3, -0.25) is 10.1 Å². The van der Waals surface area contributed by atoms with E-state index in [1.165, 1.54) is 12.8 Å². The number of nitrogens with one attached hydrogen (secondary N) is 2. The van der Waals surface area contributed by atoms with Crippen molar-refractivity contribution in [3.8, 4) is 0 Å². The highest BCUT2D eigenvalue weighted by Gasteiger charge is 2.15. The van der Waals surface area contributed by atoms with E-state index < -0.39 is 0 Å². The van der Waals surface area contributed by atoms with Crippen molar-refractivity contribution in [2.45, 2.75) is 32.2 Å². The summed E-state index contributed by atoms with van der Waals surface area (Å²) in [5.74, 6) is 0. The number of nitrogens with zero attached hydrogens (tertiary/aromatic N) is 1. The summed E-state index contributed by atoms with van der Waals surface area (Å²) in [6.45, 7) is 3.74. The number of rotatable bonds is 5. The third-order valence-corrected chi connectivity index (χ3v) is 4.11. The zero-order valence-corrected chi connectivity index (χ0v) is 12.5. The summed E-state index contributed by atoms with van der Waals surface area (Å²) in [5, 5.41) is 17.6. The highest BCUT2D eigenvalue weighted by molar-refractivity contribution is 9.10. The lowest BCUT2D eigenvalue weighted by molar-refractivity contribution is -0.385. The summed E-state index contributed by atoms with van der Waals surface area (Å²) in [6.07, 6.45) is 3.57. The minimum absolute atomic E-state index is 0.148. The number of benzene rings is 1. The molecule has 0 bridgehead atoms. The molecule has 1 aliphatic rings. The first-order chi connectivity index (χ1) is 9.08. The topological polar surface area (TPSA) is 67.2 Å². The van der Waals surface area contributed by atoms with Crippen LogP contribution in [0.3, 0.4) is 0 Å². The van der Waals surface area contributed by atoms with E-state index in [0.717, 1.165) is 29.7 Å². The third-order valence-electron chi connectivity index (χ3n) is 3.45. The van der Waals surface area contributed by atoms with Crippen molar-refractivity contribution < 1.29 is 4.92 Å². The summed E-state index contributed by atoms with van der Waals surface area (Å²) in [4.78, 5) is 10.5. The Balaban J connectivity index is 1.96. The maximum absolute atomic E-state index is 10.8. The van der Waals surface area contributed by atoms with Crippen molar-refractivity contribution >= 4 is 27.3 Å². The van der Waals surface area contributed by atoms with Crippen LogP contribution in [-0.2, 0) is 0 Å². The Bertz CT molecular complexity index is 473. The van der Waals surface area contributed by atoms with Gasteiger partial charge in [0.05, 0.1) is 4.92 Å². The van der Waals surface area contributed by atoms with Crippen molar-refractivity contribution in [3.05, 3.63) is 32.3 Å². The molecule has 0 amide bonds. The van der Waals surface area contributed by atoms with Crippen molar-refractivity contribution in [1.82, 2.24) is 5.32 Å². The second-order valence-corrected chi connectivity index (χ2v) is 5.74. The lowest BCUT2D eigenvalue weighted by atomic mass is 10.1. The van der Waals surface area contributed by atoms with Gasteiger partial charge >= 0.3 is 0 Å². The first-order valence-corrected chi connectivity index (χ1v) is 7.29. The average Bonchev–Trinajstić information content (AvgIpc) is 2.85. The molecule has 0 spiro atoms. The van der Waals surface area contributed by atoms with E-state index in [4.69, 9.17) is 0 Å². The molecule has 6 heteroatoms. The van der Waals surface area contributed by atoms with Crippen LogP contribution >= 0.6 is 15.9 Å². The van der Waals surface area contributed by atoms with E-state index in [1.54, 1.807) is 13.0 Å². The highest BCUT2D eigenvalue weighted by atomic mass is 79.9. The van der Waals surface area contributed by atoms with Crippen LogP contribution in [0.2, 0.25) is 0 Å². The number of hydrogen-bond donors (Lipinski definition) is 2. The van der Waals surface area contributed by atoms with Gasteiger partial charge in [0.15, 0.2) is 0 Å². The SMILES string of the molecule is Cc1cc(NCC[C@H]2CCCN2)c(Br)cc1[N+](=O)[O-]. The quantitative estimate of drug-likeness (QED) is 0.643. The fourth-order valence-corrected chi connectivity index (χ4v) is 2.86. The third kappa shape index (κ3) is 3.67. The molecule has 19 heavy (non-hydrogen) atoms. The van der Waals surface area contributed by atoms with E-state index in [1.807, 2.05) is 6.07 Å². The number of aryl methyl sites for hydroxylation is 1. The zero-order valence-electron chi connectivity index (χ0n) is 10.9. The molecule has 5 nitrogen and oxygen atoms in total. The van der Waals surface area contributed by atoms with Gasteiger partial charge < -0.3 is 10.6 Å². The first-order valence-electron chi connectivity index (χ1n) is 6.49. The molecule has 2 N–H and O–H groups in total. The molecule has 1 aromatic carbocycles. The summed E-state index contributed by atoms with van der Waals surface area (Å²) >= 11 is 3.38. The molecule has 2 rings (SSSR count). The number of halogens is 1. The molecular weight excluding hydrogens is 310 g/mol. The first kappa shape index (κ1) is 14.3. The predicted octanol–water partition coefficient (Wildman–Crippen LogP) is 3.22. The van der Waals surface area contributed by atoms with E-state index in [-0.39, 0.29) is 10.6 Å². The van der Waals surface area contributed by atoms with Crippen LogP contribution in [0.1, 0.15) is 24.8 Å². The van der Waals surface area contributed by atoms with E-state index in [9.17, 15) is 10.1 Å². The molecule has 1 saturated heterocycles. The fourth-order valence-electron chi connectivity index (χ4n) is 2.39. The van der Waals surface area contributed by atoms with Crippen molar-refractivity contribution in [2.75, 3.05) is 18.4 Å². The molecule has 0 saturated carbocycles. The van der Waals surface area contributed by atoms with Crippen molar-refractivity contribution in [2.24, 2.45) is 0 Å². The molecule has 1 aromatic rings. The van der Waals surface area contributed by atoms with Gasteiger partial charge in [-0.15, -0.1) is 0 Å². The molecular formula is C13H18BrN3O2. The summed E-state index contributed by atoms with van der Waals surface area (Å²) in [5.41, 5.74) is 1.74. The van der Waals surface area contributed by atoms with Crippen LogP contribution < -0.4 is 10.6 Å². The molecule has 104 valence electrons. The van der Waals surface area contributed by atoms with Crippen molar-refractivity contribution in [3.63, 3.8) is 0 Å². The molecule has 1 heterocycles. The normalized spacial score (nSPS) is 18.5. The molecule has 0 aliphatic carbocycles. The lowest BCUT2D eigenvalue weighted by Crippen LogP contribution is -2.24. The number of nitro benzene ring substituents is 1. The molecule has 0 aromatic heterocycles. The Morgan fingerprint density at radius 2 is 2.37 bits per heavy atom. The Kier molecular flexibility index (Phi) is 4.76. The van der Waals surface area contributed by atoms with E-state index >= 15 is 0 Å². The van der Waals surface area contributed by atoms with Gasteiger partial charge in [0, 0.05) is 34.4 Å². The smallest absolute Gasteiger partial charge is 0.273 e. The largest absolute Gasteiger partial charge is 0.384 e. The number of hydrogen-bond acceptors (Lipinski definition) is 4. The van der Waals surface area contributed by atoms with Crippen LogP contribution in [0.25, 0.3) is 0 Å². The number of nitro groups is 1. The molecule has 1 aliphatic heterocycles. The van der Waals surface area contributed by atoms with Gasteiger partial charge in [0.1, 0.15) is 0 Å². The maximum Gasteiger partial charge on any atom is 0.273 e. The van der Waals surface area contributed by atoms with Crippen LogP contribution in [0.5, 0.6) is 0 Å². The van der Waals surface area contributed by atoms with E-state index in [2.05, 4.69) is 26.6 Å². The summed E-state index contributed by atoms with van der Waals surface area (Å²) in [6, 6.07) is 3.99. The van der Waals surface area contributed by atoms with Gasteiger partial charge in [0.2, 0.25) is 0 Å². The Hall–Kier alpha value is -1.14. The minimum Gasteiger partial charge on any atom is -0.384 e. The highest BCUT2D eigenvalue weighted by Crippen LogP contribution is 2.30. The van der Waals surface area contributed by atoms with Crippen LogP contribution in [-0.4, -0.2) is 24.1 Å².